The second-order valence-corrected chi connectivity index (χ2v) is 9.86. The molecule has 0 heterocycles. The van der Waals surface area contributed by atoms with E-state index < -0.39 is 7.26 Å². The number of nitro benzene ring substituents is 1. The first-order chi connectivity index (χ1) is 13.7. The lowest BCUT2D eigenvalue weighted by molar-refractivity contribution is -0.384. The molecular weight excluding hydrogens is 401 g/mol. The summed E-state index contributed by atoms with van der Waals surface area (Å²) in [6.45, 7) is 0. The number of nitrogens with zero attached hydrogens (tertiary/aromatic N) is 1. The van der Waals surface area contributed by atoms with Crippen molar-refractivity contribution in [2.45, 2.75) is 0 Å². The standard InChI is InChI=1S/C24H19NO2P.ClH/c26-25(27)20-16-18-24(19-17-20)28(21-10-4-1-5-11-21,22-12-6-2-7-13-22)23-14-8-3-9-15-23;/h1-19H;1H/q+1;/p-1. The van der Waals surface area contributed by atoms with Crippen LogP contribution in [0.15, 0.2) is 115 Å². The first-order valence-electron chi connectivity index (χ1n) is 9.04. The maximum Gasteiger partial charge on any atom is 0.269 e. The summed E-state index contributed by atoms with van der Waals surface area (Å²) in [6, 6.07) is 38.4. The van der Waals surface area contributed by atoms with Gasteiger partial charge in [0.25, 0.3) is 5.69 Å². The lowest BCUT2D eigenvalue weighted by Gasteiger charge is -2.27. The zero-order valence-electron chi connectivity index (χ0n) is 15.6. The molecule has 4 aromatic rings. The van der Waals surface area contributed by atoms with Gasteiger partial charge in [-0.15, -0.1) is 0 Å². The molecule has 0 aliphatic rings. The van der Waals surface area contributed by atoms with Crippen LogP contribution >= 0.6 is 7.26 Å². The van der Waals surface area contributed by atoms with E-state index >= 15 is 0 Å². The highest BCUT2D eigenvalue weighted by Crippen LogP contribution is 2.54. The fourth-order valence-electron chi connectivity index (χ4n) is 3.65. The first-order valence-corrected chi connectivity index (χ1v) is 10.8. The highest BCUT2D eigenvalue weighted by molar-refractivity contribution is 8.01. The maximum absolute atomic E-state index is 11.2. The molecule has 4 aromatic carbocycles. The average molecular weight is 420 g/mol. The van der Waals surface area contributed by atoms with Gasteiger partial charge in [-0.1, -0.05) is 54.6 Å². The third-order valence-electron chi connectivity index (χ3n) is 4.88. The van der Waals surface area contributed by atoms with E-state index in [0.29, 0.717) is 0 Å². The fraction of sp³-hybridized carbons (Fsp3) is 0. The molecule has 5 heteroatoms. The van der Waals surface area contributed by atoms with Gasteiger partial charge >= 0.3 is 0 Å². The molecule has 0 N–H and O–H groups in total. The molecule has 29 heavy (non-hydrogen) atoms. The number of nitro groups is 1. The monoisotopic (exact) mass is 419 g/mol. The zero-order valence-corrected chi connectivity index (χ0v) is 17.2. The maximum atomic E-state index is 11.2. The lowest BCUT2D eigenvalue weighted by Crippen LogP contribution is -3.00. The summed E-state index contributed by atoms with van der Waals surface area (Å²) in [4.78, 5) is 10.8. The zero-order chi connectivity index (χ0) is 19.4. The molecule has 0 bridgehead atoms. The number of non-ortho nitro benzene ring substituents is 1. The highest BCUT2D eigenvalue weighted by Gasteiger charge is 2.47. The summed E-state index contributed by atoms with van der Waals surface area (Å²) in [5.41, 5.74) is 0.107. The third kappa shape index (κ3) is 3.80. The largest absolute Gasteiger partial charge is 1.00 e. The fourth-order valence-corrected chi connectivity index (χ4v) is 7.89. The molecule has 3 nitrogen and oxygen atoms in total. The smallest absolute Gasteiger partial charge is 0.269 e. The van der Waals surface area contributed by atoms with Crippen LogP contribution in [-0.2, 0) is 0 Å². The van der Waals surface area contributed by atoms with Crippen LogP contribution in [0.1, 0.15) is 0 Å². The van der Waals surface area contributed by atoms with E-state index in [1.165, 1.54) is 15.9 Å². The molecule has 0 aliphatic heterocycles. The van der Waals surface area contributed by atoms with E-state index in [-0.39, 0.29) is 23.0 Å². The Morgan fingerprint density at radius 3 is 1.14 bits per heavy atom. The van der Waals surface area contributed by atoms with Crippen molar-refractivity contribution < 1.29 is 17.3 Å². The predicted molar refractivity (Wildman–Crippen MR) is 118 cm³/mol. The Balaban J connectivity index is 0.00000240. The quantitative estimate of drug-likeness (QED) is 0.277. The van der Waals surface area contributed by atoms with Crippen molar-refractivity contribution in [2.75, 3.05) is 0 Å². The minimum absolute atomic E-state index is 0. The van der Waals surface area contributed by atoms with Gasteiger partial charge in [-0.2, -0.15) is 0 Å². The molecule has 0 saturated carbocycles. The Bertz CT molecular complexity index is 975. The second kappa shape index (κ2) is 9.00. The number of hydrogen-bond donors (Lipinski definition) is 0. The predicted octanol–water partition coefficient (Wildman–Crippen LogP) is 1.22. The van der Waals surface area contributed by atoms with Gasteiger partial charge in [0.1, 0.15) is 28.5 Å². The molecule has 144 valence electrons. The van der Waals surface area contributed by atoms with Gasteiger partial charge in [0.15, 0.2) is 0 Å². The van der Waals surface area contributed by atoms with E-state index in [0.717, 1.165) is 5.30 Å². The summed E-state index contributed by atoms with van der Waals surface area (Å²) < 4.78 is 0. The SMILES string of the molecule is O=[N+]([O-])c1ccc([P+](c2ccccc2)(c2ccccc2)c2ccccc2)cc1.[Cl-]. The van der Waals surface area contributed by atoms with Crippen LogP contribution < -0.4 is 33.6 Å². The number of halogens is 1. The molecule has 0 aromatic heterocycles. The third-order valence-corrected chi connectivity index (χ3v) is 9.17. The van der Waals surface area contributed by atoms with Crippen molar-refractivity contribution in [1.29, 1.82) is 0 Å². The minimum atomic E-state index is -2.18. The van der Waals surface area contributed by atoms with Crippen LogP contribution in [0, 0.1) is 10.1 Å². The van der Waals surface area contributed by atoms with Crippen LogP contribution in [0.3, 0.4) is 0 Å². The molecule has 4 rings (SSSR count). The van der Waals surface area contributed by atoms with Crippen LogP contribution in [0.4, 0.5) is 5.69 Å². The number of hydrogen-bond acceptors (Lipinski definition) is 2. The van der Waals surface area contributed by atoms with Crippen LogP contribution in [0.25, 0.3) is 0 Å². The van der Waals surface area contributed by atoms with E-state index in [1.807, 2.05) is 30.3 Å². The highest BCUT2D eigenvalue weighted by atomic mass is 35.5. The average Bonchev–Trinajstić information content (AvgIpc) is 2.77. The van der Waals surface area contributed by atoms with E-state index in [2.05, 4.69) is 72.8 Å². The molecule has 0 unspecified atom stereocenters. The first kappa shape index (κ1) is 20.7. The molecular formula is C24H19ClNO2P. The van der Waals surface area contributed by atoms with Crippen molar-refractivity contribution in [1.82, 2.24) is 0 Å². The van der Waals surface area contributed by atoms with Gasteiger partial charge in [0.2, 0.25) is 0 Å². The Hall–Kier alpha value is -3.00. The second-order valence-electron chi connectivity index (χ2n) is 6.45. The summed E-state index contributed by atoms with van der Waals surface area (Å²) >= 11 is 0. The van der Waals surface area contributed by atoms with Gasteiger partial charge in [0, 0.05) is 12.1 Å². The summed E-state index contributed by atoms with van der Waals surface area (Å²) in [5.74, 6) is 0. The molecule has 0 aliphatic carbocycles. The Labute approximate surface area is 176 Å². The number of rotatable bonds is 5. The van der Waals surface area contributed by atoms with Crippen molar-refractivity contribution in [3.8, 4) is 0 Å². The number of benzene rings is 4. The van der Waals surface area contributed by atoms with Crippen molar-refractivity contribution in [3.05, 3.63) is 125 Å². The normalized spacial score (nSPS) is 10.8. The summed E-state index contributed by atoms with van der Waals surface area (Å²) in [5, 5.41) is 16.0. The van der Waals surface area contributed by atoms with Crippen LogP contribution in [-0.4, -0.2) is 4.92 Å². The van der Waals surface area contributed by atoms with Gasteiger partial charge in [0.05, 0.1) is 4.92 Å². The molecule has 0 fully saturated rings. The Morgan fingerprint density at radius 2 is 0.828 bits per heavy atom. The molecule has 0 amide bonds. The van der Waals surface area contributed by atoms with Crippen LogP contribution in [0.5, 0.6) is 0 Å². The van der Waals surface area contributed by atoms with Gasteiger partial charge < -0.3 is 12.4 Å². The Kier molecular flexibility index (Phi) is 6.43. The van der Waals surface area contributed by atoms with Crippen molar-refractivity contribution in [2.24, 2.45) is 0 Å². The van der Waals surface area contributed by atoms with Crippen molar-refractivity contribution >= 4 is 34.2 Å². The molecule has 0 spiro atoms. The van der Waals surface area contributed by atoms with Gasteiger partial charge in [-0.05, 0) is 48.5 Å². The molecule has 0 atom stereocenters. The van der Waals surface area contributed by atoms with Crippen molar-refractivity contribution in [3.63, 3.8) is 0 Å². The topological polar surface area (TPSA) is 43.1 Å². The van der Waals surface area contributed by atoms with Crippen LogP contribution in [0.2, 0.25) is 0 Å². The van der Waals surface area contributed by atoms with Gasteiger partial charge in [-0.25, -0.2) is 0 Å². The molecule has 0 radical (unpaired) electrons. The van der Waals surface area contributed by atoms with E-state index in [9.17, 15) is 10.1 Å². The minimum Gasteiger partial charge on any atom is -1.00 e. The van der Waals surface area contributed by atoms with Gasteiger partial charge in [-0.3, -0.25) is 10.1 Å². The molecule has 0 saturated heterocycles. The van der Waals surface area contributed by atoms with E-state index in [1.54, 1.807) is 12.1 Å². The summed E-state index contributed by atoms with van der Waals surface area (Å²) in [6.07, 6.45) is 0. The Morgan fingerprint density at radius 1 is 0.517 bits per heavy atom. The lowest BCUT2D eigenvalue weighted by atomic mass is 10.3. The summed E-state index contributed by atoms with van der Waals surface area (Å²) in [7, 11) is -2.18. The van der Waals surface area contributed by atoms with E-state index in [4.69, 9.17) is 0 Å².